The van der Waals surface area contributed by atoms with Crippen LogP contribution in [0.4, 0.5) is 0 Å². The number of hydrogen-bond acceptors (Lipinski definition) is 0. The van der Waals surface area contributed by atoms with E-state index >= 15 is 0 Å². The third kappa shape index (κ3) is 29.1. The Balaban J connectivity index is -0.000000148. The largest absolute Gasteiger partial charge is 0.326 e. The second-order valence-electron chi connectivity index (χ2n) is 15.0. The molecule has 0 saturated carbocycles. The van der Waals surface area contributed by atoms with Gasteiger partial charge < -0.3 is 13.4 Å². The minimum atomic E-state index is 0. The molecule has 0 aliphatic rings. The summed E-state index contributed by atoms with van der Waals surface area (Å²) in [7, 11) is 4.71. The molecule has 268 valence electrons. The van der Waals surface area contributed by atoms with E-state index in [4.69, 9.17) is 0 Å². The maximum atomic E-state index is 2.36. The van der Waals surface area contributed by atoms with Gasteiger partial charge in [-0.05, 0) is 93.9 Å². The Hall–Kier alpha value is -0.120. The van der Waals surface area contributed by atoms with Gasteiger partial charge in [0.15, 0.2) is 0 Å². The van der Waals surface area contributed by atoms with Crippen LogP contribution >= 0.6 is 0 Å². The molecule has 0 spiro atoms. The maximum Gasteiger partial charge on any atom is 0.0833 e. The van der Waals surface area contributed by atoms with Crippen LogP contribution in [0.1, 0.15) is 176 Å². The van der Waals surface area contributed by atoms with E-state index in [1.54, 1.807) is 0 Å². The fourth-order valence-corrected chi connectivity index (χ4v) is 5.33. The Morgan fingerprint density at radius 3 is 1.09 bits per heavy atom. The molecule has 0 heterocycles. The van der Waals surface area contributed by atoms with Crippen molar-refractivity contribution >= 4 is 0 Å². The Kier molecular flexibility index (Phi) is 38.8. The van der Waals surface area contributed by atoms with E-state index in [9.17, 15) is 0 Å². The quantitative estimate of drug-likeness (QED) is 0.0940. The smallest absolute Gasteiger partial charge is 0.0833 e. The molecule has 0 radical (unpaired) electrons. The normalized spacial score (nSPS) is 13.0. The van der Waals surface area contributed by atoms with Gasteiger partial charge in [0.25, 0.3) is 0 Å². The average molecular weight is 619 g/mol. The van der Waals surface area contributed by atoms with Crippen molar-refractivity contribution in [3.63, 3.8) is 0 Å². The zero-order valence-corrected chi connectivity index (χ0v) is 33.7. The molecule has 0 aliphatic carbocycles. The first-order valence-corrected chi connectivity index (χ1v) is 19.0. The second kappa shape index (κ2) is 31.8. The SMILES string of the molecule is C.CCCCCCCC(C)C.CCCC[N+](C)(CC)C(C)C.CC[N+](C)(CC)CCC(C)C.CC[N+](CC)(CC)C(C)C. The van der Waals surface area contributed by atoms with E-state index in [0.29, 0.717) is 0 Å². The molecule has 0 aromatic rings. The van der Waals surface area contributed by atoms with Crippen molar-refractivity contribution in [1.29, 1.82) is 0 Å². The molecule has 0 aromatic heterocycles. The fourth-order valence-electron chi connectivity index (χ4n) is 5.33. The lowest BCUT2D eigenvalue weighted by molar-refractivity contribution is -0.943. The molecule has 0 amide bonds. The average Bonchev–Trinajstić information content (AvgIpc) is 2.96. The van der Waals surface area contributed by atoms with Gasteiger partial charge in [-0.3, -0.25) is 0 Å². The molecule has 0 aromatic carbocycles. The number of hydrogen-bond donors (Lipinski definition) is 0. The van der Waals surface area contributed by atoms with E-state index in [1.807, 2.05) is 0 Å². The van der Waals surface area contributed by atoms with Crippen LogP contribution in [0.25, 0.3) is 0 Å². The molecule has 43 heavy (non-hydrogen) atoms. The van der Waals surface area contributed by atoms with Crippen molar-refractivity contribution in [3.8, 4) is 0 Å². The molecule has 1 atom stereocenters. The Morgan fingerprint density at radius 2 is 0.837 bits per heavy atom. The van der Waals surface area contributed by atoms with Crippen molar-refractivity contribution in [2.24, 2.45) is 11.8 Å². The van der Waals surface area contributed by atoms with Crippen molar-refractivity contribution in [3.05, 3.63) is 0 Å². The summed E-state index contributed by atoms with van der Waals surface area (Å²) >= 11 is 0. The minimum Gasteiger partial charge on any atom is -0.326 e. The summed E-state index contributed by atoms with van der Waals surface area (Å²) in [4.78, 5) is 0. The standard InChI is InChI=1S/2C10H24N.C10H22.C9H22N.CH4/c1-6-11(5,7-2)9-8-10(3)4;1-6-8-9-11(5,7-2)10(3)4;1-4-5-6-7-8-9-10(2)3;1-6-10(7-2,8-3)9(4)5;/h2*10H,6-9H2,1-5H3;10H,4-9H2,1-3H3;9H,6-8H2,1-5H3;1H4/q2*+1;;+1;. The highest BCUT2D eigenvalue weighted by Gasteiger charge is 2.24. The first-order chi connectivity index (χ1) is 19.5. The Labute approximate surface area is 279 Å². The summed E-state index contributed by atoms with van der Waals surface area (Å²) in [5, 5.41) is 0. The molecule has 3 heteroatoms. The first kappa shape index (κ1) is 52.4. The highest BCUT2D eigenvalue weighted by Crippen LogP contribution is 2.13. The summed E-state index contributed by atoms with van der Waals surface area (Å²) in [5.41, 5.74) is 0. The first-order valence-electron chi connectivity index (χ1n) is 19.0. The topological polar surface area (TPSA) is 0 Å². The zero-order valence-electron chi connectivity index (χ0n) is 33.7. The van der Waals surface area contributed by atoms with Crippen LogP contribution in [0, 0.1) is 11.8 Å². The van der Waals surface area contributed by atoms with E-state index < -0.39 is 0 Å². The van der Waals surface area contributed by atoms with Crippen LogP contribution in [0.15, 0.2) is 0 Å². The minimum absolute atomic E-state index is 0. The van der Waals surface area contributed by atoms with Gasteiger partial charge in [0.2, 0.25) is 0 Å². The van der Waals surface area contributed by atoms with Crippen molar-refractivity contribution < 1.29 is 13.4 Å². The molecule has 0 aliphatic heterocycles. The van der Waals surface area contributed by atoms with Gasteiger partial charge >= 0.3 is 0 Å². The molecular formula is C40H96N3+3. The third-order valence-corrected chi connectivity index (χ3v) is 10.6. The number of nitrogens with zero attached hydrogens (tertiary/aromatic N) is 3. The monoisotopic (exact) mass is 619 g/mol. The van der Waals surface area contributed by atoms with Crippen LogP contribution < -0.4 is 0 Å². The molecule has 0 saturated heterocycles. The summed E-state index contributed by atoms with van der Waals surface area (Å²) in [6.07, 6.45) is 12.6. The number of quaternary nitrogens is 3. The Morgan fingerprint density at radius 1 is 0.419 bits per heavy atom. The van der Waals surface area contributed by atoms with Gasteiger partial charge in [0.1, 0.15) is 0 Å². The lowest BCUT2D eigenvalue weighted by atomic mass is 10.0. The summed E-state index contributed by atoms with van der Waals surface area (Å²) in [6.45, 7) is 47.0. The van der Waals surface area contributed by atoms with Crippen LogP contribution in [-0.2, 0) is 0 Å². The van der Waals surface area contributed by atoms with Gasteiger partial charge in [-0.1, -0.05) is 93.9 Å². The lowest BCUT2D eigenvalue weighted by Gasteiger charge is -2.39. The van der Waals surface area contributed by atoms with Crippen LogP contribution in [-0.4, -0.2) is 92.0 Å². The summed E-state index contributed by atoms with van der Waals surface area (Å²) in [5.74, 6) is 1.76. The van der Waals surface area contributed by atoms with Gasteiger partial charge in [-0.15, -0.1) is 0 Å². The molecule has 0 N–H and O–H groups in total. The molecule has 0 bridgehead atoms. The number of unbranched alkanes of at least 4 members (excludes halogenated alkanes) is 5. The summed E-state index contributed by atoms with van der Waals surface area (Å²) in [6, 6.07) is 1.55. The van der Waals surface area contributed by atoms with Crippen LogP contribution in [0.5, 0.6) is 0 Å². The molecule has 1 unspecified atom stereocenters. The summed E-state index contributed by atoms with van der Waals surface area (Å²) < 4.78 is 3.73. The highest BCUT2D eigenvalue weighted by molar-refractivity contribution is 4.47. The van der Waals surface area contributed by atoms with Gasteiger partial charge in [-0.25, -0.2) is 0 Å². The van der Waals surface area contributed by atoms with Gasteiger partial charge in [0.05, 0.1) is 78.5 Å². The van der Waals surface area contributed by atoms with E-state index in [1.165, 1.54) is 124 Å². The highest BCUT2D eigenvalue weighted by atomic mass is 15.4. The predicted molar refractivity (Wildman–Crippen MR) is 205 cm³/mol. The molecule has 0 rings (SSSR count). The Bertz CT molecular complexity index is 510. The lowest BCUT2D eigenvalue weighted by Crippen LogP contribution is -2.52. The third-order valence-electron chi connectivity index (χ3n) is 10.6. The van der Waals surface area contributed by atoms with E-state index in [2.05, 4.69) is 125 Å². The predicted octanol–water partition coefficient (Wildman–Crippen LogP) is 12.1. The van der Waals surface area contributed by atoms with Crippen molar-refractivity contribution in [2.75, 3.05) is 66.5 Å². The molecular weight excluding hydrogens is 522 g/mol. The van der Waals surface area contributed by atoms with Crippen LogP contribution in [0.3, 0.4) is 0 Å². The van der Waals surface area contributed by atoms with Gasteiger partial charge in [-0.2, -0.15) is 0 Å². The molecule has 3 nitrogen and oxygen atoms in total. The second-order valence-corrected chi connectivity index (χ2v) is 15.0. The van der Waals surface area contributed by atoms with Crippen molar-refractivity contribution in [1.82, 2.24) is 0 Å². The van der Waals surface area contributed by atoms with Crippen LogP contribution in [0.2, 0.25) is 0 Å². The van der Waals surface area contributed by atoms with Crippen molar-refractivity contribution in [2.45, 2.75) is 188 Å². The van der Waals surface area contributed by atoms with E-state index in [-0.39, 0.29) is 7.43 Å². The fraction of sp³-hybridized carbons (Fsp3) is 1.00. The maximum absolute atomic E-state index is 2.36. The molecule has 0 fully saturated rings. The number of rotatable bonds is 20. The zero-order chi connectivity index (χ0) is 33.8. The van der Waals surface area contributed by atoms with Gasteiger partial charge in [0, 0.05) is 0 Å². The van der Waals surface area contributed by atoms with E-state index in [0.717, 1.165) is 23.9 Å².